The van der Waals surface area contributed by atoms with Gasteiger partial charge < -0.3 is 15.2 Å². The smallest absolute Gasteiger partial charge is 0.269 e. The van der Waals surface area contributed by atoms with Crippen molar-refractivity contribution in [1.82, 2.24) is 0 Å². The number of nitro groups is 1. The lowest BCUT2D eigenvalue weighted by Crippen LogP contribution is -2.42. The van der Waals surface area contributed by atoms with E-state index in [2.05, 4.69) is 6.07 Å². The summed E-state index contributed by atoms with van der Waals surface area (Å²) in [5, 5.41) is 21.3. The summed E-state index contributed by atoms with van der Waals surface area (Å²) in [5.41, 5.74) is 8.86. The molecule has 1 heterocycles. The lowest BCUT2D eigenvalue weighted by atomic mass is 9.68. The van der Waals surface area contributed by atoms with Gasteiger partial charge in [0.15, 0.2) is 17.3 Å². The third-order valence-corrected chi connectivity index (χ3v) is 6.44. The van der Waals surface area contributed by atoms with Crippen molar-refractivity contribution in [2.45, 2.75) is 32.6 Å². The van der Waals surface area contributed by atoms with Crippen LogP contribution in [-0.4, -0.2) is 24.9 Å². The number of nitrogens with two attached hydrogens (primary N) is 1. The lowest BCUT2D eigenvalue weighted by Gasteiger charge is -2.43. The fourth-order valence-electron chi connectivity index (χ4n) is 4.89. The Labute approximate surface area is 203 Å². The molecule has 0 aromatic heterocycles. The molecule has 9 nitrogen and oxygen atoms in total. The molecule has 0 bridgehead atoms. The number of hydrogen-bond donors (Lipinski definition) is 1. The predicted molar refractivity (Wildman–Crippen MR) is 130 cm³/mol. The molecule has 0 spiro atoms. The van der Waals surface area contributed by atoms with Crippen LogP contribution in [0, 0.1) is 26.9 Å². The van der Waals surface area contributed by atoms with E-state index in [-0.39, 0.29) is 28.3 Å². The average molecular weight is 475 g/mol. The first-order valence-corrected chi connectivity index (χ1v) is 11.0. The van der Waals surface area contributed by atoms with Gasteiger partial charge in [-0.2, -0.15) is 5.26 Å². The quantitative estimate of drug-likeness (QED) is 0.493. The van der Waals surface area contributed by atoms with E-state index < -0.39 is 10.8 Å². The van der Waals surface area contributed by atoms with E-state index >= 15 is 0 Å². The van der Waals surface area contributed by atoms with Crippen molar-refractivity contribution in [2.75, 3.05) is 19.1 Å². The number of rotatable bonds is 5. The molecular formula is C26H26N4O5. The van der Waals surface area contributed by atoms with Crippen molar-refractivity contribution >= 4 is 17.2 Å². The van der Waals surface area contributed by atoms with E-state index in [0.717, 1.165) is 0 Å². The van der Waals surface area contributed by atoms with E-state index in [1.54, 1.807) is 35.2 Å². The minimum atomic E-state index is -0.673. The number of nitro benzene ring substituents is 1. The molecule has 4 rings (SSSR count). The molecule has 0 unspecified atom stereocenters. The molecule has 1 aliphatic carbocycles. The van der Waals surface area contributed by atoms with Gasteiger partial charge in [0.2, 0.25) is 0 Å². The fourth-order valence-corrected chi connectivity index (χ4v) is 4.89. The Morgan fingerprint density at radius 2 is 1.77 bits per heavy atom. The van der Waals surface area contributed by atoms with E-state index in [1.807, 2.05) is 13.8 Å². The van der Waals surface area contributed by atoms with Crippen molar-refractivity contribution in [2.24, 2.45) is 11.1 Å². The molecule has 2 aromatic rings. The molecule has 0 saturated carbocycles. The van der Waals surface area contributed by atoms with Gasteiger partial charge in [0, 0.05) is 35.5 Å². The Bertz CT molecular complexity index is 1320. The number of non-ortho nitro benzene ring substituents is 1. The first-order chi connectivity index (χ1) is 16.6. The highest BCUT2D eigenvalue weighted by Gasteiger charge is 2.44. The van der Waals surface area contributed by atoms with Crippen LogP contribution < -0.4 is 20.1 Å². The van der Waals surface area contributed by atoms with Gasteiger partial charge in [-0.15, -0.1) is 0 Å². The molecule has 1 atom stereocenters. The summed E-state index contributed by atoms with van der Waals surface area (Å²) in [6.45, 7) is 4.02. The first kappa shape index (κ1) is 23.8. The summed E-state index contributed by atoms with van der Waals surface area (Å²) in [6.07, 6.45) is 0.858. The van der Waals surface area contributed by atoms with Gasteiger partial charge in [-0.05, 0) is 41.7 Å². The summed E-state index contributed by atoms with van der Waals surface area (Å²) >= 11 is 0. The Kier molecular flexibility index (Phi) is 5.99. The molecule has 1 aliphatic heterocycles. The molecule has 0 radical (unpaired) electrons. The van der Waals surface area contributed by atoms with Gasteiger partial charge >= 0.3 is 0 Å². The number of ether oxygens (including phenoxy) is 2. The number of ketones is 1. The molecule has 35 heavy (non-hydrogen) atoms. The van der Waals surface area contributed by atoms with Crippen LogP contribution in [0.3, 0.4) is 0 Å². The number of nitriles is 1. The molecule has 9 heteroatoms. The molecule has 0 fully saturated rings. The number of Topliss-reactive ketones (excluding diaryl/α,β-unsaturated/α-hetero) is 1. The van der Waals surface area contributed by atoms with Crippen molar-refractivity contribution in [3.05, 3.63) is 80.8 Å². The predicted octanol–water partition coefficient (Wildman–Crippen LogP) is 4.55. The van der Waals surface area contributed by atoms with Crippen molar-refractivity contribution in [1.29, 1.82) is 5.26 Å². The standard InChI is InChI=1S/C26H26N4O5/c1-26(2)12-19-24(20(31)13-26)23(15-5-10-21(34-3)22(11-15)35-4)18(14-27)25(28)29(19)16-6-8-17(9-7-16)30(32)33/h5-11,23H,12-13,28H2,1-4H3/t23-/m1/s1. The molecular weight excluding hydrogens is 448 g/mol. The van der Waals surface area contributed by atoms with Crippen LogP contribution in [-0.2, 0) is 4.79 Å². The minimum Gasteiger partial charge on any atom is -0.493 e. The second-order valence-electron chi connectivity index (χ2n) is 9.37. The van der Waals surface area contributed by atoms with Gasteiger partial charge in [-0.25, -0.2) is 0 Å². The number of benzene rings is 2. The van der Waals surface area contributed by atoms with Crippen LogP contribution in [0.25, 0.3) is 0 Å². The number of nitrogens with zero attached hydrogens (tertiary/aromatic N) is 3. The largest absolute Gasteiger partial charge is 0.493 e. The molecule has 2 aromatic carbocycles. The normalized spacial score (nSPS) is 19.2. The second kappa shape index (κ2) is 8.80. The van der Waals surface area contributed by atoms with Crippen LogP contribution in [0.4, 0.5) is 11.4 Å². The minimum absolute atomic E-state index is 0.0636. The molecule has 0 amide bonds. The SMILES string of the molecule is COc1ccc([C@@H]2C(C#N)=C(N)N(c3ccc([N+](=O)[O-])cc3)C3=C2C(=O)CC(C)(C)C3)cc1OC. The average Bonchev–Trinajstić information content (AvgIpc) is 2.82. The first-order valence-electron chi connectivity index (χ1n) is 11.0. The number of hydrogen-bond acceptors (Lipinski definition) is 8. The highest BCUT2D eigenvalue weighted by Crippen LogP contribution is 2.51. The van der Waals surface area contributed by atoms with E-state index in [1.165, 1.54) is 26.4 Å². The zero-order valence-electron chi connectivity index (χ0n) is 20.0. The van der Waals surface area contributed by atoms with Gasteiger partial charge in [-0.3, -0.25) is 19.8 Å². The van der Waals surface area contributed by atoms with Crippen LogP contribution in [0.15, 0.2) is 65.1 Å². The van der Waals surface area contributed by atoms with Crippen molar-refractivity contribution in [3.8, 4) is 17.6 Å². The maximum absolute atomic E-state index is 13.6. The number of allylic oxidation sites excluding steroid dienone is 3. The summed E-state index contributed by atoms with van der Waals surface area (Å²) < 4.78 is 10.8. The molecule has 180 valence electrons. The van der Waals surface area contributed by atoms with E-state index in [4.69, 9.17) is 15.2 Å². The Hall–Kier alpha value is -4.32. The lowest BCUT2D eigenvalue weighted by molar-refractivity contribution is -0.384. The van der Waals surface area contributed by atoms with Gasteiger partial charge in [0.25, 0.3) is 5.69 Å². The maximum atomic E-state index is 13.6. The molecule has 2 N–H and O–H groups in total. The van der Waals surface area contributed by atoms with Crippen LogP contribution in [0.1, 0.15) is 38.2 Å². The van der Waals surface area contributed by atoms with Crippen LogP contribution in [0.2, 0.25) is 0 Å². The summed E-state index contributed by atoms with van der Waals surface area (Å²) in [6, 6.07) is 13.4. The molecule has 2 aliphatic rings. The maximum Gasteiger partial charge on any atom is 0.269 e. The topological polar surface area (TPSA) is 132 Å². The zero-order valence-corrected chi connectivity index (χ0v) is 20.0. The third-order valence-electron chi connectivity index (χ3n) is 6.44. The van der Waals surface area contributed by atoms with Gasteiger partial charge in [0.1, 0.15) is 5.82 Å². The second-order valence-corrected chi connectivity index (χ2v) is 9.37. The summed E-state index contributed by atoms with van der Waals surface area (Å²) in [7, 11) is 3.05. The Morgan fingerprint density at radius 1 is 1.11 bits per heavy atom. The van der Waals surface area contributed by atoms with E-state index in [0.29, 0.717) is 46.9 Å². The van der Waals surface area contributed by atoms with E-state index in [9.17, 15) is 20.2 Å². The third kappa shape index (κ3) is 4.08. The number of methoxy groups -OCH3 is 2. The summed E-state index contributed by atoms with van der Waals surface area (Å²) in [5.74, 6) is 0.450. The van der Waals surface area contributed by atoms with Gasteiger partial charge in [0.05, 0.1) is 36.7 Å². The molecule has 0 saturated heterocycles. The van der Waals surface area contributed by atoms with Crippen molar-refractivity contribution in [3.63, 3.8) is 0 Å². The number of carbonyl (C=O) groups is 1. The highest BCUT2D eigenvalue weighted by atomic mass is 16.6. The van der Waals surface area contributed by atoms with Crippen LogP contribution >= 0.6 is 0 Å². The fraction of sp³-hybridized carbons (Fsp3) is 0.308. The number of anilines is 1. The summed E-state index contributed by atoms with van der Waals surface area (Å²) in [4.78, 5) is 25.9. The monoisotopic (exact) mass is 474 g/mol. The van der Waals surface area contributed by atoms with Gasteiger partial charge in [-0.1, -0.05) is 19.9 Å². The Balaban J connectivity index is 1.96. The highest BCUT2D eigenvalue weighted by molar-refractivity contribution is 6.01. The van der Waals surface area contributed by atoms with Crippen LogP contribution in [0.5, 0.6) is 11.5 Å². The zero-order chi connectivity index (χ0) is 25.5. The Morgan fingerprint density at radius 3 is 2.34 bits per heavy atom. The van der Waals surface area contributed by atoms with Crippen molar-refractivity contribution < 1.29 is 19.2 Å². The number of carbonyl (C=O) groups excluding carboxylic acids is 1.